The molecule has 1 heterocycles. The van der Waals surface area contributed by atoms with Crippen molar-refractivity contribution in [3.8, 4) is 5.75 Å². The van der Waals surface area contributed by atoms with E-state index in [4.69, 9.17) is 4.74 Å². The number of hydrogen-bond acceptors (Lipinski definition) is 1. The minimum Gasteiger partial charge on any atom is -0.478 e. The van der Waals surface area contributed by atoms with E-state index in [1.165, 1.54) is 5.56 Å². The molecule has 43 valence electrons. The van der Waals surface area contributed by atoms with E-state index in [1.807, 2.05) is 18.2 Å². The molecule has 1 nitrogen and oxygen atoms in total. The highest BCUT2D eigenvalue weighted by atomic mass is 16.5. The molecular formula is C8H5O. The molecule has 3 radical (unpaired) electrons. The van der Waals surface area contributed by atoms with Crippen LogP contribution in [0.1, 0.15) is 5.56 Å². The average molecular weight is 117 g/mol. The standard InChI is InChI=1S/C8H5O/c1-2-4-8-7(3-1)5-6-9-8/h1,3-4H,5H2. The molecule has 9 heavy (non-hydrogen) atoms. The summed E-state index contributed by atoms with van der Waals surface area (Å²) >= 11 is 0. The van der Waals surface area contributed by atoms with Gasteiger partial charge in [-0.1, -0.05) is 12.1 Å². The summed E-state index contributed by atoms with van der Waals surface area (Å²) in [6.07, 6.45) is 0.810. The molecule has 1 aromatic rings. The Morgan fingerprint density at radius 3 is 3.44 bits per heavy atom. The van der Waals surface area contributed by atoms with Gasteiger partial charge in [0.15, 0.2) is 0 Å². The van der Waals surface area contributed by atoms with Gasteiger partial charge in [-0.25, -0.2) is 0 Å². The van der Waals surface area contributed by atoms with Gasteiger partial charge in [0.2, 0.25) is 6.61 Å². The van der Waals surface area contributed by atoms with Crippen LogP contribution in [0, 0.1) is 12.7 Å². The van der Waals surface area contributed by atoms with Gasteiger partial charge in [0.1, 0.15) is 5.75 Å². The summed E-state index contributed by atoms with van der Waals surface area (Å²) in [7, 11) is 0. The highest BCUT2D eigenvalue weighted by Gasteiger charge is 2.10. The third-order valence-corrected chi connectivity index (χ3v) is 1.36. The quantitative estimate of drug-likeness (QED) is 0.500. The molecule has 1 heteroatoms. The summed E-state index contributed by atoms with van der Waals surface area (Å²) in [5, 5.41) is 0. The van der Waals surface area contributed by atoms with Crippen molar-refractivity contribution in [2.24, 2.45) is 0 Å². The maximum Gasteiger partial charge on any atom is 0.201 e. The molecule has 0 saturated carbocycles. The van der Waals surface area contributed by atoms with E-state index in [9.17, 15) is 0 Å². The van der Waals surface area contributed by atoms with Crippen molar-refractivity contribution in [3.05, 3.63) is 36.4 Å². The van der Waals surface area contributed by atoms with Crippen molar-refractivity contribution in [1.82, 2.24) is 0 Å². The molecule has 1 aliphatic rings. The summed E-state index contributed by atoms with van der Waals surface area (Å²) in [6, 6.07) is 8.64. The lowest BCUT2D eigenvalue weighted by Crippen LogP contribution is -1.76. The van der Waals surface area contributed by atoms with Gasteiger partial charge in [0.05, 0.1) is 0 Å². The zero-order chi connectivity index (χ0) is 6.10. The predicted molar refractivity (Wildman–Crippen MR) is 32.9 cm³/mol. The van der Waals surface area contributed by atoms with Gasteiger partial charge in [0.25, 0.3) is 0 Å². The Kier molecular flexibility index (Phi) is 0.950. The first-order valence-electron chi connectivity index (χ1n) is 2.85. The third-order valence-electron chi connectivity index (χ3n) is 1.36. The summed E-state index contributed by atoms with van der Waals surface area (Å²) in [5.41, 5.74) is 1.20. The normalized spacial score (nSPS) is 14.7. The van der Waals surface area contributed by atoms with Gasteiger partial charge in [0, 0.05) is 6.42 Å². The van der Waals surface area contributed by atoms with Crippen molar-refractivity contribution in [1.29, 1.82) is 0 Å². The zero-order valence-electron chi connectivity index (χ0n) is 4.85. The second-order valence-electron chi connectivity index (χ2n) is 1.96. The molecule has 0 N–H and O–H groups in total. The van der Waals surface area contributed by atoms with Crippen LogP contribution in [-0.4, -0.2) is 0 Å². The second-order valence-corrected chi connectivity index (χ2v) is 1.96. The lowest BCUT2D eigenvalue weighted by Gasteiger charge is -1.92. The summed E-state index contributed by atoms with van der Waals surface area (Å²) in [4.78, 5) is 0. The van der Waals surface area contributed by atoms with Crippen LogP contribution in [-0.2, 0) is 6.42 Å². The molecule has 0 aromatic heterocycles. The highest BCUT2D eigenvalue weighted by Crippen LogP contribution is 2.25. The minimum absolute atomic E-state index is 0.810. The van der Waals surface area contributed by atoms with Gasteiger partial charge >= 0.3 is 0 Å². The maximum absolute atomic E-state index is 5.02. The number of fused-ring (bicyclic) bond motifs is 1. The zero-order valence-corrected chi connectivity index (χ0v) is 4.85. The van der Waals surface area contributed by atoms with E-state index >= 15 is 0 Å². The SMILES string of the molecule is [C]1Cc2cc[c]cc2O1. The highest BCUT2D eigenvalue weighted by molar-refractivity contribution is 5.36. The molecule has 0 fully saturated rings. The van der Waals surface area contributed by atoms with Crippen LogP contribution in [0.3, 0.4) is 0 Å². The molecule has 0 bridgehead atoms. The van der Waals surface area contributed by atoms with Gasteiger partial charge in [-0.15, -0.1) is 0 Å². The monoisotopic (exact) mass is 117 g/mol. The lowest BCUT2D eigenvalue weighted by atomic mass is 10.2. The molecule has 0 unspecified atom stereocenters. The van der Waals surface area contributed by atoms with Crippen LogP contribution in [0.4, 0.5) is 0 Å². The molecular weight excluding hydrogens is 112 g/mol. The largest absolute Gasteiger partial charge is 0.478 e. The van der Waals surface area contributed by atoms with Crippen molar-refractivity contribution in [2.45, 2.75) is 6.42 Å². The van der Waals surface area contributed by atoms with Crippen LogP contribution < -0.4 is 4.74 Å². The van der Waals surface area contributed by atoms with Crippen LogP contribution in [0.15, 0.2) is 18.2 Å². The first-order valence-corrected chi connectivity index (χ1v) is 2.85. The first kappa shape index (κ1) is 4.86. The van der Waals surface area contributed by atoms with E-state index in [2.05, 4.69) is 12.7 Å². The van der Waals surface area contributed by atoms with Crippen LogP contribution in [0.5, 0.6) is 5.75 Å². The fourth-order valence-electron chi connectivity index (χ4n) is 0.880. The van der Waals surface area contributed by atoms with Crippen molar-refractivity contribution in [3.63, 3.8) is 0 Å². The summed E-state index contributed by atoms with van der Waals surface area (Å²) in [6.45, 7) is 2.77. The molecule has 0 saturated heterocycles. The summed E-state index contributed by atoms with van der Waals surface area (Å²) < 4.78 is 5.02. The van der Waals surface area contributed by atoms with Crippen LogP contribution >= 0.6 is 0 Å². The van der Waals surface area contributed by atoms with E-state index in [0.717, 1.165) is 12.2 Å². The Morgan fingerprint density at radius 2 is 2.56 bits per heavy atom. The number of ether oxygens (including phenoxy) is 1. The number of hydrogen-bond donors (Lipinski definition) is 0. The van der Waals surface area contributed by atoms with Gasteiger partial charge < -0.3 is 4.74 Å². The average Bonchev–Trinajstić information content (AvgIpc) is 2.33. The lowest BCUT2D eigenvalue weighted by molar-refractivity contribution is 0.435. The number of benzene rings is 1. The van der Waals surface area contributed by atoms with E-state index in [-0.39, 0.29) is 0 Å². The molecule has 0 amide bonds. The molecule has 1 aromatic carbocycles. The second kappa shape index (κ2) is 1.76. The Morgan fingerprint density at radius 1 is 1.56 bits per heavy atom. The molecule has 0 spiro atoms. The minimum atomic E-state index is 0.810. The van der Waals surface area contributed by atoms with Gasteiger partial charge in [-0.3, -0.25) is 0 Å². The topological polar surface area (TPSA) is 9.23 Å². The third kappa shape index (κ3) is 0.689. The van der Waals surface area contributed by atoms with Crippen molar-refractivity contribution in [2.75, 3.05) is 0 Å². The first-order chi connectivity index (χ1) is 4.47. The Balaban J connectivity index is 2.54. The molecule has 1 aliphatic heterocycles. The predicted octanol–water partition coefficient (Wildman–Crippen LogP) is 1.46. The van der Waals surface area contributed by atoms with E-state index in [0.29, 0.717) is 0 Å². The molecule has 0 atom stereocenters. The maximum atomic E-state index is 5.02. The van der Waals surface area contributed by atoms with Crippen molar-refractivity contribution < 1.29 is 4.74 Å². The fourth-order valence-corrected chi connectivity index (χ4v) is 0.880. The fraction of sp³-hybridized carbons (Fsp3) is 0.125. The van der Waals surface area contributed by atoms with E-state index in [1.54, 1.807) is 0 Å². The summed E-state index contributed by atoms with van der Waals surface area (Å²) in [5.74, 6) is 0.900. The smallest absolute Gasteiger partial charge is 0.201 e. The number of rotatable bonds is 0. The van der Waals surface area contributed by atoms with Gasteiger partial charge in [-0.2, -0.15) is 0 Å². The van der Waals surface area contributed by atoms with Crippen LogP contribution in [0.25, 0.3) is 0 Å². The molecule has 2 rings (SSSR count). The Bertz CT molecular complexity index is 195. The molecule has 0 aliphatic carbocycles. The van der Waals surface area contributed by atoms with E-state index < -0.39 is 0 Å². The van der Waals surface area contributed by atoms with Gasteiger partial charge in [-0.05, 0) is 17.7 Å². The Labute approximate surface area is 54.3 Å². The Hall–Kier alpha value is -0.980. The van der Waals surface area contributed by atoms with Crippen LogP contribution in [0.2, 0.25) is 0 Å². The van der Waals surface area contributed by atoms with Crippen molar-refractivity contribution >= 4 is 0 Å².